The first-order valence-corrected chi connectivity index (χ1v) is 7.58. The van der Waals surface area contributed by atoms with Crippen LogP contribution in [0.1, 0.15) is 17.0 Å². The molecule has 0 aliphatic carbocycles. The summed E-state index contributed by atoms with van der Waals surface area (Å²) >= 11 is 3.45. The molecule has 4 heteroatoms. The van der Waals surface area contributed by atoms with Crippen molar-refractivity contribution < 1.29 is 9.53 Å². The predicted molar refractivity (Wildman–Crippen MR) is 87.0 cm³/mol. The fraction of sp³-hybridized carbons (Fsp3) is 0.235. The van der Waals surface area contributed by atoms with E-state index < -0.39 is 0 Å². The van der Waals surface area contributed by atoms with Gasteiger partial charge in [-0.1, -0.05) is 58.4 Å². The van der Waals surface area contributed by atoms with Crippen molar-refractivity contribution in [2.45, 2.75) is 12.5 Å². The second kappa shape index (κ2) is 7.96. The van der Waals surface area contributed by atoms with Crippen LogP contribution in [-0.2, 0) is 16.1 Å². The topological polar surface area (TPSA) is 38.3 Å². The molecule has 0 aliphatic rings. The molecular weight excluding hydrogens is 330 g/mol. The fourth-order valence-corrected chi connectivity index (χ4v) is 2.62. The summed E-state index contributed by atoms with van der Waals surface area (Å²) in [5.41, 5.74) is 2.13. The van der Waals surface area contributed by atoms with Crippen molar-refractivity contribution in [3.63, 3.8) is 0 Å². The second-order valence-electron chi connectivity index (χ2n) is 4.75. The van der Waals surface area contributed by atoms with Crippen LogP contribution in [0.5, 0.6) is 0 Å². The Morgan fingerprint density at radius 3 is 2.62 bits per heavy atom. The van der Waals surface area contributed by atoms with Gasteiger partial charge in [0.1, 0.15) is 0 Å². The molecular formula is C17H18BrNO2. The van der Waals surface area contributed by atoms with E-state index in [0.29, 0.717) is 13.1 Å². The van der Waals surface area contributed by atoms with E-state index in [2.05, 4.69) is 27.3 Å². The Morgan fingerprint density at radius 2 is 1.95 bits per heavy atom. The molecule has 1 atom stereocenters. The van der Waals surface area contributed by atoms with Crippen molar-refractivity contribution in [1.82, 2.24) is 5.32 Å². The molecule has 0 fully saturated rings. The molecule has 0 aliphatic heterocycles. The lowest BCUT2D eigenvalue weighted by Gasteiger charge is -2.16. The summed E-state index contributed by atoms with van der Waals surface area (Å²) in [6, 6.07) is 17.8. The van der Waals surface area contributed by atoms with Crippen molar-refractivity contribution >= 4 is 21.9 Å². The van der Waals surface area contributed by atoms with E-state index in [-0.39, 0.29) is 11.9 Å². The number of ether oxygens (including phenoxy) is 1. The van der Waals surface area contributed by atoms with E-state index >= 15 is 0 Å². The van der Waals surface area contributed by atoms with Gasteiger partial charge in [0.25, 0.3) is 0 Å². The fourth-order valence-electron chi connectivity index (χ4n) is 2.17. The summed E-state index contributed by atoms with van der Waals surface area (Å²) in [5.74, 6) is -0.508. The van der Waals surface area contributed by atoms with E-state index in [9.17, 15) is 4.79 Å². The number of hydrogen-bond donors (Lipinski definition) is 1. The molecule has 0 aromatic heterocycles. The molecule has 0 heterocycles. The highest BCUT2D eigenvalue weighted by atomic mass is 79.9. The quantitative estimate of drug-likeness (QED) is 0.812. The Bertz CT molecular complexity index is 586. The maximum Gasteiger partial charge on any atom is 0.314 e. The van der Waals surface area contributed by atoms with E-state index in [1.807, 2.05) is 48.5 Å². The van der Waals surface area contributed by atoms with Gasteiger partial charge in [0.05, 0.1) is 13.0 Å². The number of carbonyl (C=O) groups is 1. The van der Waals surface area contributed by atoms with Gasteiger partial charge < -0.3 is 10.1 Å². The third-order valence-corrected chi connectivity index (χ3v) is 3.75. The van der Waals surface area contributed by atoms with Crippen LogP contribution in [0.2, 0.25) is 0 Å². The van der Waals surface area contributed by atoms with Crippen LogP contribution in [0.4, 0.5) is 0 Å². The molecule has 0 bridgehead atoms. The van der Waals surface area contributed by atoms with Gasteiger partial charge in [-0.05, 0) is 23.3 Å². The molecule has 21 heavy (non-hydrogen) atoms. The Labute approximate surface area is 133 Å². The van der Waals surface area contributed by atoms with Crippen LogP contribution in [0.25, 0.3) is 0 Å². The summed E-state index contributed by atoms with van der Waals surface area (Å²) in [7, 11) is 1.42. The number of esters is 1. The molecule has 110 valence electrons. The van der Waals surface area contributed by atoms with Crippen LogP contribution < -0.4 is 5.32 Å². The van der Waals surface area contributed by atoms with Gasteiger partial charge in [0.2, 0.25) is 0 Å². The lowest BCUT2D eigenvalue weighted by molar-refractivity contribution is -0.142. The Kier molecular flexibility index (Phi) is 5.96. The minimum absolute atomic E-state index is 0.219. The summed E-state index contributed by atoms with van der Waals surface area (Å²) in [4.78, 5) is 11.9. The van der Waals surface area contributed by atoms with Gasteiger partial charge >= 0.3 is 5.97 Å². The molecule has 0 amide bonds. The van der Waals surface area contributed by atoms with Gasteiger partial charge in [0.15, 0.2) is 0 Å². The van der Waals surface area contributed by atoms with Crippen molar-refractivity contribution in [2.24, 2.45) is 0 Å². The summed E-state index contributed by atoms with van der Waals surface area (Å²) in [6.45, 7) is 1.25. The third kappa shape index (κ3) is 4.69. The minimum Gasteiger partial charge on any atom is -0.469 e. The van der Waals surface area contributed by atoms with Gasteiger partial charge in [-0.3, -0.25) is 4.79 Å². The molecule has 0 radical (unpaired) electrons. The minimum atomic E-state index is -0.289. The lowest BCUT2D eigenvalue weighted by atomic mass is 9.99. The standard InChI is InChI=1S/C17H18BrNO2/c1-21-17(20)16(14-7-3-2-4-8-14)12-19-11-13-6-5-9-15(18)10-13/h2-10,16,19H,11-12H2,1H3. The smallest absolute Gasteiger partial charge is 0.314 e. The van der Waals surface area contributed by atoms with Gasteiger partial charge in [-0.2, -0.15) is 0 Å². The molecule has 2 aromatic carbocycles. The van der Waals surface area contributed by atoms with Crippen LogP contribution in [0, 0.1) is 0 Å². The Morgan fingerprint density at radius 1 is 1.19 bits per heavy atom. The van der Waals surface area contributed by atoms with Crippen LogP contribution >= 0.6 is 15.9 Å². The van der Waals surface area contributed by atoms with Gasteiger partial charge in [-0.25, -0.2) is 0 Å². The van der Waals surface area contributed by atoms with Crippen LogP contribution in [-0.4, -0.2) is 19.6 Å². The maximum atomic E-state index is 11.9. The zero-order valence-corrected chi connectivity index (χ0v) is 13.5. The number of hydrogen-bond acceptors (Lipinski definition) is 3. The van der Waals surface area contributed by atoms with Crippen LogP contribution in [0.15, 0.2) is 59.1 Å². The molecule has 0 spiro atoms. The highest BCUT2D eigenvalue weighted by Crippen LogP contribution is 2.17. The average Bonchev–Trinajstić information content (AvgIpc) is 2.52. The number of benzene rings is 2. The second-order valence-corrected chi connectivity index (χ2v) is 5.66. The van der Waals surface area contributed by atoms with Gasteiger partial charge in [0, 0.05) is 17.6 Å². The highest BCUT2D eigenvalue weighted by molar-refractivity contribution is 9.10. The van der Waals surface area contributed by atoms with Crippen molar-refractivity contribution in [3.05, 3.63) is 70.2 Å². The Balaban J connectivity index is 1.98. The highest BCUT2D eigenvalue weighted by Gasteiger charge is 2.20. The summed E-state index contributed by atoms with van der Waals surface area (Å²) in [6.07, 6.45) is 0. The number of carbonyl (C=O) groups excluding carboxylic acids is 1. The molecule has 0 saturated heterocycles. The summed E-state index contributed by atoms with van der Waals surface area (Å²) in [5, 5.41) is 3.32. The van der Waals surface area contributed by atoms with E-state index in [1.54, 1.807) is 0 Å². The summed E-state index contributed by atoms with van der Waals surface area (Å²) < 4.78 is 5.95. The van der Waals surface area contributed by atoms with Crippen molar-refractivity contribution in [1.29, 1.82) is 0 Å². The van der Waals surface area contributed by atoms with E-state index in [4.69, 9.17) is 4.74 Å². The molecule has 3 nitrogen and oxygen atoms in total. The van der Waals surface area contributed by atoms with E-state index in [0.717, 1.165) is 10.0 Å². The monoisotopic (exact) mass is 347 g/mol. The molecule has 2 aromatic rings. The first-order chi connectivity index (χ1) is 10.2. The number of nitrogens with one attached hydrogen (secondary N) is 1. The van der Waals surface area contributed by atoms with E-state index in [1.165, 1.54) is 12.7 Å². The number of halogens is 1. The number of methoxy groups -OCH3 is 1. The molecule has 0 saturated carbocycles. The normalized spacial score (nSPS) is 11.9. The first-order valence-electron chi connectivity index (χ1n) is 6.78. The molecule has 1 N–H and O–H groups in total. The SMILES string of the molecule is COC(=O)C(CNCc1cccc(Br)c1)c1ccccc1. The predicted octanol–water partition coefficient (Wildman–Crippen LogP) is 3.50. The zero-order valence-electron chi connectivity index (χ0n) is 11.9. The van der Waals surface area contributed by atoms with Crippen molar-refractivity contribution in [3.8, 4) is 0 Å². The molecule has 2 rings (SSSR count). The first kappa shape index (κ1) is 15.7. The lowest BCUT2D eigenvalue weighted by Crippen LogP contribution is -2.27. The van der Waals surface area contributed by atoms with Crippen LogP contribution in [0.3, 0.4) is 0 Å². The Hall–Kier alpha value is -1.65. The average molecular weight is 348 g/mol. The third-order valence-electron chi connectivity index (χ3n) is 3.25. The molecule has 1 unspecified atom stereocenters. The largest absolute Gasteiger partial charge is 0.469 e. The van der Waals surface area contributed by atoms with Crippen molar-refractivity contribution in [2.75, 3.05) is 13.7 Å². The number of rotatable bonds is 6. The zero-order chi connectivity index (χ0) is 15.1. The van der Waals surface area contributed by atoms with Gasteiger partial charge in [-0.15, -0.1) is 0 Å². The maximum absolute atomic E-state index is 11.9.